The number of hydrogen-bond acceptors (Lipinski definition) is 4. The summed E-state index contributed by atoms with van der Waals surface area (Å²) < 4.78 is 6.77. The van der Waals surface area contributed by atoms with Gasteiger partial charge in [0, 0.05) is 12.5 Å². The molecule has 0 aliphatic carbocycles. The molecule has 16 heavy (non-hydrogen) atoms. The van der Waals surface area contributed by atoms with Crippen LogP contribution in [0, 0.1) is 6.07 Å². The van der Waals surface area contributed by atoms with E-state index in [0.29, 0.717) is 5.75 Å². The molecule has 83 valence electrons. The van der Waals surface area contributed by atoms with Gasteiger partial charge >= 0.3 is 0 Å². The molecule has 0 N–H and O–H groups in total. The summed E-state index contributed by atoms with van der Waals surface area (Å²) in [5.41, 5.74) is 0.897. The van der Waals surface area contributed by atoms with Crippen molar-refractivity contribution in [3.8, 4) is 11.4 Å². The molecule has 1 radical (unpaired) electrons. The van der Waals surface area contributed by atoms with E-state index in [0.717, 1.165) is 24.4 Å². The second-order valence-corrected chi connectivity index (χ2v) is 3.37. The number of tetrazole rings is 1. The normalized spacial score (nSPS) is 10.4. The maximum atomic E-state index is 5.05. The zero-order chi connectivity index (χ0) is 11.4. The van der Waals surface area contributed by atoms with Gasteiger partial charge in [-0.1, -0.05) is 6.92 Å². The van der Waals surface area contributed by atoms with E-state index in [1.165, 1.54) is 0 Å². The summed E-state index contributed by atoms with van der Waals surface area (Å²) in [7, 11) is 1.62. The molecule has 0 atom stereocenters. The molecule has 2 rings (SSSR count). The largest absolute Gasteiger partial charge is 0.496 e. The van der Waals surface area contributed by atoms with E-state index in [9.17, 15) is 0 Å². The van der Waals surface area contributed by atoms with Gasteiger partial charge in [0.05, 0.1) is 12.8 Å². The monoisotopic (exact) mass is 217 g/mol. The topological polar surface area (TPSA) is 52.8 Å². The van der Waals surface area contributed by atoms with Crippen molar-refractivity contribution in [1.82, 2.24) is 20.2 Å². The molecule has 0 unspecified atom stereocenters. The molecule has 5 heteroatoms. The van der Waals surface area contributed by atoms with Crippen LogP contribution in [0.1, 0.15) is 19.2 Å². The van der Waals surface area contributed by atoms with Gasteiger partial charge in [0.1, 0.15) is 5.75 Å². The molecule has 0 fully saturated rings. The number of ether oxygens (including phenoxy) is 1. The van der Waals surface area contributed by atoms with Crippen molar-refractivity contribution in [2.24, 2.45) is 0 Å². The van der Waals surface area contributed by atoms with Gasteiger partial charge in [-0.2, -0.15) is 4.68 Å². The molecule has 0 bridgehead atoms. The number of rotatable bonds is 4. The minimum Gasteiger partial charge on any atom is -0.496 e. The molecule has 0 aliphatic heterocycles. The van der Waals surface area contributed by atoms with Gasteiger partial charge in [0.25, 0.3) is 0 Å². The van der Waals surface area contributed by atoms with Crippen LogP contribution < -0.4 is 4.74 Å². The third-order valence-electron chi connectivity index (χ3n) is 2.24. The van der Waals surface area contributed by atoms with Gasteiger partial charge in [0.2, 0.25) is 0 Å². The summed E-state index contributed by atoms with van der Waals surface area (Å²) >= 11 is 0. The van der Waals surface area contributed by atoms with Crippen molar-refractivity contribution in [3.05, 3.63) is 30.1 Å². The lowest BCUT2D eigenvalue weighted by molar-refractivity contribution is 0.414. The Morgan fingerprint density at radius 3 is 2.94 bits per heavy atom. The number of methoxy groups -OCH3 is 1. The lowest BCUT2D eigenvalue weighted by atomic mass is 10.3. The minimum atomic E-state index is 0.703. The number of nitrogens with zero attached hydrogens (tertiary/aromatic N) is 4. The third kappa shape index (κ3) is 2.03. The van der Waals surface area contributed by atoms with Crippen molar-refractivity contribution < 1.29 is 4.74 Å². The van der Waals surface area contributed by atoms with Crippen molar-refractivity contribution in [1.29, 1.82) is 0 Å². The highest BCUT2D eigenvalue weighted by Gasteiger charge is 2.06. The highest BCUT2D eigenvalue weighted by molar-refractivity contribution is 5.35. The van der Waals surface area contributed by atoms with Crippen molar-refractivity contribution in [2.75, 3.05) is 7.11 Å². The highest BCUT2D eigenvalue weighted by atomic mass is 16.5. The van der Waals surface area contributed by atoms with Crippen LogP contribution in [-0.2, 0) is 6.42 Å². The van der Waals surface area contributed by atoms with Crippen LogP contribution in [0.2, 0.25) is 0 Å². The first-order valence-corrected chi connectivity index (χ1v) is 5.18. The van der Waals surface area contributed by atoms with Crippen LogP contribution in [-0.4, -0.2) is 27.3 Å². The predicted molar refractivity (Wildman–Crippen MR) is 58.5 cm³/mol. The lowest BCUT2D eigenvalue weighted by Crippen LogP contribution is -2.02. The number of hydrogen-bond donors (Lipinski definition) is 0. The van der Waals surface area contributed by atoms with Gasteiger partial charge in [-0.25, -0.2) is 0 Å². The molecule has 1 aromatic heterocycles. The minimum absolute atomic E-state index is 0.703. The first-order chi connectivity index (χ1) is 7.85. The van der Waals surface area contributed by atoms with Gasteiger partial charge in [-0.3, -0.25) is 0 Å². The number of aryl methyl sites for hydroxylation is 1. The van der Waals surface area contributed by atoms with E-state index in [1.54, 1.807) is 11.8 Å². The smallest absolute Gasteiger partial charge is 0.156 e. The summed E-state index contributed by atoms with van der Waals surface area (Å²) in [6, 6.07) is 8.57. The first kappa shape index (κ1) is 10.6. The Bertz CT molecular complexity index is 449. The maximum absolute atomic E-state index is 5.05. The zero-order valence-corrected chi connectivity index (χ0v) is 9.34. The van der Waals surface area contributed by atoms with Crippen LogP contribution in [0.5, 0.6) is 5.75 Å². The Morgan fingerprint density at radius 1 is 1.44 bits per heavy atom. The third-order valence-corrected chi connectivity index (χ3v) is 2.24. The van der Waals surface area contributed by atoms with Gasteiger partial charge in [0.15, 0.2) is 5.82 Å². The van der Waals surface area contributed by atoms with Crippen molar-refractivity contribution in [3.63, 3.8) is 0 Å². The summed E-state index contributed by atoms with van der Waals surface area (Å²) in [6.45, 7) is 2.10. The fourth-order valence-corrected chi connectivity index (χ4v) is 1.45. The van der Waals surface area contributed by atoms with Crippen LogP contribution >= 0.6 is 0 Å². The van der Waals surface area contributed by atoms with Gasteiger partial charge < -0.3 is 4.74 Å². The Morgan fingerprint density at radius 2 is 2.31 bits per heavy atom. The second-order valence-electron chi connectivity index (χ2n) is 3.37. The Kier molecular flexibility index (Phi) is 3.14. The van der Waals surface area contributed by atoms with E-state index >= 15 is 0 Å². The molecule has 1 aromatic carbocycles. The van der Waals surface area contributed by atoms with Crippen molar-refractivity contribution in [2.45, 2.75) is 19.8 Å². The average molecular weight is 217 g/mol. The zero-order valence-electron chi connectivity index (χ0n) is 9.34. The molecule has 0 amide bonds. The van der Waals surface area contributed by atoms with Crippen LogP contribution in [0.25, 0.3) is 5.69 Å². The molecule has 5 nitrogen and oxygen atoms in total. The average Bonchev–Trinajstić information content (AvgIpc) is 2.78. The molecule has 0 saturated carbocycles. The van der Waals surface area contributed by atoms with E-state index < -0.39 is 0 Å². The summed E-state index contributed by atoms with van der Waals surface area (Å²) in [5.74, 6) is 1.56. The lowest BCUT2D eigenvalue weighted by Gasteiger charge is -2.04. The Balaban J connectivity index is 2.31. The molecule has 2 aromatic rings. The van der Waals surface area contributed by atoms with Gasteiger partial charge in [-0.15, -0.1) is 5.10 Å². The molecule has 0 saturated heterocycles. The van der Waals surface area contributed by atoms with Gasteiger partial charge in [-0.05, 0) is 35.0 Å². The fraction of sp³-hybridized carbons (Fsp3) is 0.364. The molecular weight excluding hydrogens is 204 g/mol. The van der Waals surface area contributed by atoms with Crippen molar-refractivity contribution >= 4 is 0 Å². The SMILES string of the molecule is CCCc1nnnn1-c1c[c]c(OC)cc1. The molecule has 1 heterocycles. The molecular formula is C11H13N4O. The second kappa shape index (κ2) is 4.74. The highest BCUT2D eigenvalue weighted by Crippen LogP contribution is 2.14. The summed E-state index contributed by atoms with van der Waals surface area (Å²) in [4.78, 5) is 0. The fourth-order valence-electron chi connectivity index (χ4n) is 1.45. The van der Waals surface area contributed by atoms with E-state index in [1.807, 2.05) is 18.2 Å². The van der Waals surface area contributed by atoms with E-state index in [2.05, 4.69) is 28.5 Å². The standard InChI is InChI=1S/C11H13N4O/c1-3-4-11-12-13-14-15(11)9-5-7-10(16-2)8-6-9/h5-7H,3-4H2,1-2H3. The van der Waals surface area contributed by atoms with Crippen LogP contribution in [0.4, 0.5) is 0 Å². The summed E-state index contributed by atoms with van der Waals surface area (Å²) in [6.07, 6.45) is 1.87. The van der Waals surface area contributed by atoms with E-state index in [4.69, 9.17) is 4.74 Å². The van der Waals surface area contributed by atoms with Crippen LogP contribution in [0.3, 0.4) is 0 Å². The van der Waals surface area contributed by atoms with Crippen LogP contribution in [0.15, 0.2) is 18.2 Å². The van der Waals surface area contributed by atoms with E-state index in [-0.39, 0.29) is 0 Å². The first-order valence-electron chi connectivity index (χ1n) is 5.18. The number of aromatic nitrogens is 4. The molecule has 0 aliphatic rings. The predicted octanol–water partition coefficient (Wildman–Crippen LogP) is 1.42. The Hall–Kier alpha value is -1.91. The maximum Gasteiger partial charge on any atom is 0.156 e. The molecule has 0 spiro atoms. The quantitative estimate of drug-likeness (QED) is 0.777. The Labute approximate surface area is 94.0 Å². The summed E-state index contributed by atoms with van der Waals surface area (Å²) in [5, 5.41) is 11.6. The number of benzene rings is 1.